The SMILES string of the molecule is O=C1C[C@@H](OCc2ccccc2)C[C@@H](CCOCc2ccccc2)O1. The van der Waals surface area contributed by atoms with E-state index in [-0.39, 0.29) is 18.2 Å². The molecule has 3 rings (SSSR count). The molecule has 1 aliphatic heterocycles. The number of hydrogen-bond acceptors (Lipinski definition) is 4. The summed E-state index contributed by atoms with van der Waals surface area (Å²) in [6, 6.07) is 20.1. The van der Waals surface area contributed by atoms with E-state index >= 15 is 0 Å². The average molecular weight is 340 g/mol. The molecule has 0 amide bonds. The summed E-state index contributed by atoms with van der Waals surface area (Å²) in [6.45, 7) is 1.67. The lowest BCUT2D eigenvalue weighted by atomic mass is 10.0. The third-order valence-electron chi connectivity index (χ3n) is 4.24. The molecule has 0 spiro atoms. The molecule has 1 aliphatic rings. The Labute approximate surface area is 148 Å². The molecule has 1 heterocycles. The molecular weight excluding hydrogens is 316 g/mol. The number of carbonyl (C=O) groups excluding carboxylic acids is 1. The van der Waals surface area contributed by atoms with E-state index in [1.165, 1.54) is 0 Å². The molecule has 0 bridgehead atoms. The zero-order valence-corrected chi connectivity index (χ0v) is 14.3. The monoisotopic (exact) mass is 340 g/mol. The zero-order chi connectivity index (χ0) is 17.3. The molecule has 132 valence electrons. The third kappa shape index (κ3) is 6.00. The summed E-state index contributed by atoms with van der Waals surface area (Å²) in [5, 5.41) is 0. The van der Waals surface area contributed by atoms with Gasteiger partial charge in [0.1, 0.15) is 6.10 Å². The van der Waals surface area contributed by atoms with Gasteiger partial charge in [-0.15, -0.1) is 0 Å². The molecule has 1 fully saturated rings. The van der Waals surface area contributed by atoms with Gasteiger partial charge in [0.15, 0.2) is 0 Å². The Bertz CT molecular complexity index is 641. The summed E-state index contributed by atoms with van der Waals surface area (Å²) >= 11 is 0. The highest BCUT2D eigenvalue weighted by atomic mass is 16.6. The van der Waals surface area contributed by atoms with E-state index in [0.717, 1.165) is 17.5 Å². The van der Waals surface area contributed by atoms with E-state index in [1.807, 2.05) is 60.7 Å². The van der Waals surface area contributed by atoms with Crippen molar-refractivity contribution >= 4 is 5.97 Å². The van der Waals surface area contributed by atoms with Gasteiger partial charge in [0.25, 0.3) is 0 Å². The van der Waals surface area contributed by atoms with E-state index in [4.69, 9.17) is 14.2 Å². The molecule has 4 nitrogen and oxygen atoms in total. The molecule has 0 aromatic heterocycles. The van der Waals surface area contributed by atoms with Gasteiger partial charge in [-0.1, -0.05) is 60.7 Å². The van der Waals surface area contributed by atoms with Gasteiger partial charge >= 0.3 is 5.97 Å². The summed E-state index contributed by atoms with van der Waals surface area (Å²) in [7, 11) is 0. The second-order valence-electron chi connectivity index (χ2n) is 6.30. The minimum Gasteiger partial charge on any atom is -0.462 e. The number of benzene rings is 2. The van der Waals surface area contributed by atoms with Crippen LogP contribution in [0.2, 0.25) is 0 Å². The van der Waals surface area contributed by atoms with E-state index in [9.17, 15) is 4.79 Å². The number of ether oxygens (including phenoxy) is 3. The van der Waals surface area contributed by atoms with Crippen LogP contribution in [0, 0.1) is 0 Å². The number of rotatable bonds is 8. The molecule has 2 atom stereocenters. The smallest absolute Gasteiger partial charge is 0.308 e. The van der Waals surface area contributed by atoms with Crippen LogP contribution in [0.25, 0.3) is 0 Å². The highest BCUT2D eigenvalue weighted by molar-refractivity contribution is 5.71. The van der Waals surface area contributed by atoms with Crippen molar-refractivity contribution in [3.05, 3.63) is 71.8 Å². The van der Waals surface area contributed by atoms with Crippen LogP contribution >= 0.6 is 0 Å². The molecule has 2 aromatic rings. The maximum atomic E-state index is 11.8. The highest BCUT2D eigenvalue weighted by Crippen LogP contribution is 2.21. The second-order valence-corrected chi connectivity index (χ2v) is 6.30. The molecular formula is C21H24O4. The fourth-order valence-electron chi connectivity index (χ4n) is 2.92. The Morgan fingerprint density at radius 2 is 1.56 bits per heavy atom. The van der Waals surface area contributed by atoms with Crippen LogP contribution in [0.3, 0.4) is 0 Å². The predicted octanol–water partition coefficient (Wildman–Crippen LogP) is 3.88. The Morgan fingerprint density at radius 1 is 0.920 bits per heavy atom. The van der Waals surface area contributed by atoms with Crippen molar-refractivity contribution < 1.29 is 19.0 Å². The fraction of sp³-hybridized carbons (Fsp3) is 0.381. The van der Waals surface area contributed by atoms with E-state index in [0.29, 0.717) is 32.7 Å². The maximum Gasteiger partial charge on any atom is 0.308 e. The molecule has 0 radical (unpaired) electrons. The lowest BCUT2D eigenvalue weighted by Gasteiger charge is -2.29. The first-order valence-electron chi connectivity index (χ1n) is 8.76. The van der Waals surface area contributed by atoms with Gasteiger partial charge < -0.3 is 14.2 Å². The standard InChI is InChI=1S/C21H24O4/c22-21-14-20(24-16-18-9-5-2-6-10-18)13-19(25-21)11-12-23-15-17-7-3-1-4-8-17/h1-10,19-20H,11-16H2/t19-,20+/m1/s1. The molecule has 0 N–H and O–H groups in total. The zero-order valence-electron chi connectivity index (χ0n) is 14.3. The molecule has 4 heteroatoms. The van der Waals surface area contributed by atoms with Gasteiger partial charge in [0, 0.05) is 12.8 Å². The molecule has 2 aromatic carbocycles. The van der Waals surface area contributed by atoms with Crippen LogP contribution in [0.15, 0.2) is 60.7 Å². The van der Waals surface area contributed by atoms with Gasteiger partial charge in [-0.2, -0.15) is 0 Å². The molecule has 0 saturated carbocycles. The van der Waals surface area contributed by atoms with Crippen molar-refractivity contribution in [2.75, 3.05) is 6.61 Å². The van der Waals surface area contributed by atoms with E-state index in [2.05, 4.69) is 0 Å². The van der Waals surface area contributed by atoms with Crippen LogP contribution in [-0.2, 0) is 32.2 Å². The summed E-state index contributed by atoms with van der Waals surface area (Å²) in [5.74, 6) is -0.183. The van der Waals surface area contributed by atoms with Crippen LogP contribution in [-0.4, -0.2) is 24.8 Å². The third-order valence-corrected chi connectivity index (χ3v) is 4.24. The second kappa shape index (κ2) is 9.35. The Kier molecular flexibility index (Phi) is 6.60. The van der Waals surface area contributed by atoms with Crippen molar-refractivity contribution in [2.45, 2.75) is 44.7 Å². The largest absolute Gasteiger partial charge is 0.462 e. The van der Waals surface area contributed by atoms with Crippen LogP contribution in [0.4, 0.5) is 0 Å². The van der Waals surface area contributed by atoms with Gasteiger partial charge in [0.2, 0.25) is 0 Å². The summed E-state index contributed by atoms with van der Waals surface area (Å²) in [4.78, 5) is 11.8. The summed E-state index contributed by atoms with van der Waals surface area (Å²) < 4.78 is 17.0. The topological polar surface area (TPSA) is 44.8 Å². The molecule has 0 unspecified atom stereocenters. The van der Waals surface area contributed by atoms with Crippen molar-refractivity contribution in [1.29, 1.82) is 0 Å². The molecule has 0 aliphatic carbocycles. The van der Waals surface area contributed by atoms with Crippen molar-refractivity contribution in [2.24, 2.45) is 0 Å². The molecule has 1 saturated heterocycles. The minimum absolute atomic E-state index is 0.0828. The van der Waals surface area contributed by atoms with Crippen molar-refractivity contribution in [3.63, 3.8) is 0 Å². The van der Waals surface area contributed by atoms with Crippen LogP contribution < -0.4 is 0 Å². The van der Waals surface area contributed by atoms with Crippen molar-refractivity contribution in [3.8, 4) is 0 Å². The molecule has 25 heavy (non-hydrogen) atoms. The van der Waals surface area contributed by atoms with Crippen LogP contribution in [0.5, 0.6) is 0 Å². The summed E-state index contributed by atoms with van der Waals surface area (Å²) in [6.07, 6.45) is 1.55. The number of hydrogen-bond donors (Lipinski definition) is 0. The van der Waals surface area contributed by atoms with E-state index in [1.54, 1.807) is 0 Å². The Morgan fingerprint density at radius 3 is 2.24 bits per heavy atom. The van der Waals surface area contributed by atoms with Gasteiger partial charge in [-0.3, -0.25) is 4.79 Å². The summed E-state index contributed by atoms with van der Waals surface area (Å²) in [5.41, 5.74) is 2.26. The number of esters is 1. The number of cyclic esters (lactones) is 1. The first-order valence-corrected chi connectivity index (χ1v) is 8.76. The lowest BCUT2D eigenvalue weighted by Crippen LogP contribution is -2.34. The van der Waals surface area contributed by atoms with Gasteiger partial charge in [0.05, 0.1) is 32.3 Å². The normalized spacial score (nSPS) is 20.2. The number of carbonyl (C=O) groups is 1. The lowest BCUT2D eigenvalue weighted by molar-refractivity contribution is -0.164. The van der Waals surface area contributed by atoms with Crippen molar-refractivity contribution in [1.82, 2.24) is 0 Å². The average Bonchev–Trinajstić information content (AvgIpc) is 2.65. The predicted molar refractivity (Wildman–Crippen MR) is 94.8 cm³/mol. The van der Waals surface area contributed by atoms with Gasteiger partial charge in [-0.05, 0) is 11.1 Å². The Balaban J connectivity index is 1.39. The first kappa shape index (κ1) is 17.6. The fourth-order valence-corrected chi connectivity index (χ4v) is 2.92. The van der Waals surface area contributed by atoms with Crippen LogP contribution in [0.1, 0.15) is 30.4 Å². The minimum atomic E-state index is -0.183. The van der Waals surface area contributed by atoms with Gasteiger partial charge in [-0.25, -0.2) is 0 Å². The Hall–Kier alpha value is -2.17. The maximum absolute atomic E-state index is 11.8. The highest BCUT2D eigenvalue weighted by Gasteiger charge is 2.29. The van der Waals surface area contributed by atoms with E-state index < -0.39 is 0 Å². The quantitative estimate of drug-likeness (QED) is 0.540. The first-order chi connectivity index (χ1) is 12.3.